The van der Waals surface area contributed by atoms with Crippen LogP contribution in [0.3, 0.4) is 0 Å². The number of rotatable bonds is 8. The molecule has 5 aromatic rings. The fourth-order valence-electron chi connectivity index (χ4n) is 4.68. The topological polar surface area (TPSA) is 9.23 Å². The number of ether oxygens (including phenoxy) is 1. The number of fused-ring (bicyclic) bond motifs is 2. The molecule has 0 spiro atoms. The van der Waals surface area contributed by atoms with E-state index in [-0.39, 0.29) is 0 Å². The average molecular weight is 431 g/mol. The summed E-state index contributed by atoms with van der Waals surface area (Å²) in [7, 11) is 0. The van der Waals surface area contributed by atoms with Crippen LogP contribution in [0.2, 0.25) is 0 Å². The summed E-state index contributed by atoms with van der Waals surface area (Å²) >= 11 is 0. The highest BCUT2D eigenvalue weighted by atomic mass is 16.5. The predicted molar refractivity (Wildman–Crippen MR) is 142 cm³/mol. The van der Waals surface area contributed by atoms with E-state index in [1.165, 1.54) is 57.5 Å². The molecule has 0 bridgehead atoms. The highest BCUT2D eigenvalue weighted by Crippen LogP contribution is 2.42. The van der Waals surface area contributed by atoms with Crippen molar-refractivity contribution in [2.45, 2.75) is 32.6 Å². The van der Waals surface area contributed by atoms with Crippen LogP contribution in [0.4, 0.5) is 0 Å². The summed E-state index contributed by atoms with van der Waals surface area (Å²) in [6.45, 7) is 3.00. The third-order valence-corrected chi connectivity index (χ3v) is 6.38. The van der Waals surface area contributed by atoms with Gasteiger partial charge in [-0.05, 0) is 62.9 Å². The van der Waals surface area contributed by atoms with Crippen molar-refractivity contribution in [1.82, 2.24) is 0 Å². The van der Waals surface area contributed by atoms with Crippen LogP contribution in [0, 0.1) is 0 Å². The molecule has 1 nitrogen and oxygen atoms in total. The highest BCUT2D eigenvalue weighted by molar-refractivity contribution is 6.09. The van der Waals surface area contributed by atoms with E-state index in [1.54, 1.807) is 0 Å². The zero-order valence-corrected chi connectivity index (χ0v) is 19.3. The molecule has 0 aliphatic carbocycles. The number of unbranched alkanes of at least 4 members (excludes halogenated alkanes) is 3. The molecule has 0 radical (unpaired) electrons. The van der Waals surface area contributed by atoms with Gasteiger partial charge in [0.25, 0.3) is 0 Å². The minimum atomic E-state index is 0.760. The fraction of sp³-hybridized carbons (Fsp3) is 0.188. The Morgan fingerprint density at radius 1 is 0.576 bits per heavy atom. The van der Waals surface area contributed by atoms with Gasteiger partial charge in [0.05, 0.1) is 6.61 Å². The molecule has 0 aliphatic heterocycles. The lowest BCUT2D eigenvalue weighted by atomic mass is 9.88. The summed E-state index contributed by atoms with van der Waals surface area (Å²) in [4.78, 5) is 0. The van der Waals surface area contributed by atoms with E-state index in [0.717, 1.165) is 24.3 Å². The second-order valence-electron chi connectivity index (χ2n) is 8.68. The van der Waals surface area contributed by atoms with Crippen LogP contribution in [0.1, 0.15) is 32.6 Å². The molecule has 0 saturated carbocycles. The Hall–Kier alpha value is -3.58. The van der Waals surface area contributed by atoms with E-state index < -0.39 is 0 Å². The largest absolute Gasteiger partial charge is 0.493 e. The molecule has 0 unspecified atom stereocenters. The van der Waals surface area contributed by atoms with Crippen LogP contribution in [0.5, 0.6) is 5.75 Å². The van der Waals surface area contributed by atoms with Gasteiger partial charge in [0.2, 0.25) is 0 Å². The Balaban J connectivity index is 1.67. The molecule has 0 atom stereocenters. The molecular formula is C32H30O. The minimum Gasteiger partial charge on any atom is -0.493 e. The molecule has 0 fully saturated rings. The van der Waals surface area contributed by atoms with Crippen LogP contribution < -0.4 is 4.74 Å². The molecule has 0 amide bonds. The number of para-hydroxylation sites is 1. The van der Waals surface area contributed by atoms with Gasteiger partial charge >= 0.3 is 0 Å². The predicted octanol–water partition coefficient (Wildman–Crippen LogP) is 9.29. The van der Waals surface area contributed by atoms with E-state index in [1.807, 2.05) is 0 Å². The SMILES string of the molecule is CCCCCCOc1ccccc1-c1ccc2cc3ccccc3cc2c1-c1ccccc1. The first kappa shape index (κ1) is 21.3. The zero-order valence-electron chi connectivity index (χ0n) is 19.3. The van der Waals surface area contributed by atoms with Gasteiger partial charge in [-0.25, -0.2) is 0 Å². The van der Waals surface area contributed by atoms with Gasteiger partial charge in [-0.3, -0.25) is 0 Å². The fourth-order valence-corrected chi connectivity index (χ4v) is 4.68. The van der Waals surface area contributed by atoms with Gasteiger partial charge in [-0.2, -0.15) is 0 Å². The molecule has 0 saturated heterocycles. The molecule has 5 rings (SSSR count). The number of hydrogen-bond acceptors (Lipinski definition) is 1. The van der Waals surface area contributed by atoms with Crippen molar-refractivity contribution in [3.63, 3.8) is 0 Å². The Morgan fingerprint density at radius 2 is 1.30 bits per heavy atom. The third-order valence-electron chi connectivity index (χ3n) is 6.38. The molecule has 0 aromatic heterocycles. The van der Waals surface area contributed by atoms with Crippen molar-refractivity contribution >= 4 is 21.5 Å². The zero-order chi connectivity index (χ0) is 22.5. The smallest absolute Gasteiger partial charge is 0.127 e. The van der Waals surface area contributed by atoms with Gasteiger partial charge in [-0.15, -0.1) is 0 Å². The van der Waals surface area contributed by atoms with Gasteiger partial charge in [0.1, 0.15) is 5.75 Å². The lowest BCUT2D eigenvalue weighted by molar-refractivity contribution is 0.306. The lowest BCUT2D eigenvalue weighted by Gasteiger charge is -2.18. The second kappa shape index (κ2) is 9.92. The van der Waals surface area contributed by atoms with Gasteiger partial charge in [0.15, 0.2) is 0 Å². The first-order valence-electron chi connectivity index (χ1n) is 12.1. The van der Waals surface area contributed by atoms with Crippen molar-refractivity contribution in [3.05, 3.63) is 103 Å². The Kier molecular flexibility index (Phi) is 6.39. The van der Waals surface area contributed by atoms with Crippen molar-refractivity contribution in [1.29, 1.82) is 0 Å². The monoisotopic (exact) mass is 430 g/mol. The molecular weight excluding hydrogens is 400 g/mol. The van der Waals surface area contributed by atoms with Crippen molar-refractivity contribution < 1.29 is 4.74 Å². The Bertz CT molecular complexity index is 1370. The third kappa shape index (κ3) is 4.50. The molecule has 1 heteroatoms. The van der Waals surface area contributed by atoms with Crippen molar-refractivity contribution in [2.75, 3.05) is 6.61 Å². The highest BCUT2D eigenvalue weighted by Gasteiger charge is 2.15. The summed E-state index contributed by atoms with van der Waals surface area (Å²) in [5.41, 5.74) is 4.86. The molecule has 164 valence electrons. The summed E-state index contributed by atoms with van der Waals surface area (Å²) in [5, 5.41) is 5.07. The van der Waals surface area contributed by atoms with E-state index in [0.29, 0.717) is 0 Å². The van der Waals surface area contributed by atoms with Crippen LogP contribution in [-0.4, -0.2) is 6.61 Å². The molecule has 0 heterocycles. The molecule has 0 aliphatic rings. The van der Waals surface area contributed by atoms with E-state index in [4.69, 9.17) is 4.74 Å². The summed E-state index contributed by atoms with van der Waals surface area (Å²) in [5.74, 6) is 0.964. The number of benzene rings is 5. The van der Waals surface area contributed by atoms with Crippen LogP contribution in [-0.2, 0) is 0 Å². The maximum absolute atomic E-state index is 6.31. The van der Waals surface area contributed by atoms with E-state index in [2.05, 4.69) is 110 Å². The standard InChI is InChI=1S/C32H30O/c1-2-3-4-12-21-33-31-18-11-10-17-28(31)29-20-19-27-22-25-15-8-9-16-26(25)23-30(27)32(29)24-13-6-5-7-14-24/h5-11,13-20,22-23H,2-4,12,21H2,1H3. The molecule has 0 N–H and O–H groups in total. The van der Waals surface area contributed by atoms with Crippen molar-refractivity contribution in [2.24, 2.45) is 0 Å². The minimum absolute atomic E-state index is 0.760. The van der Waals surface area contributed by atoms with Crippen molar-refractivity contribution in [3.8, 4) is 28.0 Å². The Morgan fingerprint density at radius 3 is 2.12 bits per heavy atom. The summed E-state index contributed by atoms with van der Waals surface area (Å²) < 4.78 is 6.31. The van der Waals surface area contributed by atoms with Crippen LogP contribution >= 0.6 is 0 Å². The first-order chi connectivity index (χ1) is 16.3. The van der Waals surface area contributed by atoms with E-state index in [9.17, 15) is 0 Å². The van der Waals surface area contributed by atoms with Crippen LogP contribution in [0.15, 0.2) is 103 Å². The normalized spacial score (nSPS) is 11.2. The second-order valence-corrected chi connectivity index (χ2v) is 8.68. The van der Waals surface area contributed by atoms with E-state index >= 15 is 0 Å². The van der Waals surface area contributed by atoms with Gasteiger partial charge < -0.3 is 4.74 Å². The quantitative estimate of drug-likeness (QED) is 0.176. The van der Waals surface area contributed by atoms with Gasteiger partial charge in [-0.1, -0.05) is 111 Å². The average Bonchev–Trinajstić information content (AvgIpc) is 2.87. The van der Waals surface area contributed by atoms with Gasteiger partial charge in [0, 0.05) is 5.56 Å². The summed E-state index contributed by atoms with van der Waals surface area (Å²) in [6.07, 6.45) is 4.82. The maximum atomic E-state index is 6.31. The summed E-state index contributed by atoms with van der Waals surface area (Å²) in [6, 6.07) is 37.0. The number of hydrogen-bond donors (Lipinski definition) is 0. The molecule has 33 heavy (non-hydrogen) atoms. The maximum Gasteiger partial charge on any atom is 0.127 e. The first-order valence-corrected chi connectivity index (χ1v) is 12.1. The van der Waals surface area contributed by atoms with Crippen LogP contribution in [0.25, 0.3) is 43.8 Å². The lowest BCUT2D eigenvalue weighted by Crippen LogP contribution is -1.99. The molecule has 5 aromatic carbocycles. The Labute approximate surface area is 196 Å².